The molecule has 6 heteroatoms. The maximum Gasteiger partial charge on any atom is 0.235 e. The zero-order valence-corrected chi connectivity index (χ0v) is 18.5. The molecule has 2 heterocycles. The smallest absolute Gasteiger partial charge is 0.235 e. The minimum atomic E-state index is -0.0488. The molecule has 5 rings (SSSR count). The van der Waals surface area contributed by atoms with E-state index in [1.807, 2.05) is 72.3 Å². The van der Waals surface area contributed by atoms with Gasteiger partial charge in [-0.1, -0.05) is 60.7 Å². The number of benzene rings is 3. The molecule has 1 aliphatic rings. The van der Waals surface area contributed by atoms with Crippen LogP contribution < -0.4 is 10.1 Å². The van der Waals surface area contributed by atoms with Crippen LogP contribution >= 0.6 is 11.8 Å². The Hall–Kier alpha value is -3.51. The molecular weight excluding hydrogens is 418 g/mol. The number of rotatable bonds is 5. The molecule has 5 nitrogen and oxygen atoms in total. The largest absolute Gasteiger partial charge is 0.494 e. The van der Waals surface area contributed by atoms with Crippen LogP contribution in [0.4, 0.5) is 5.82 Å². The van der Waals surface area contributed by atoms with Crippen molar-refractivity contribution < 1.29 is 9.53 Å². The molecule has 1 atom stereocenters. The number of thioether (sulfide) groups is 1. The third-order valence-corrected chi connectivity index (χ3v) is 6.64. The fraction of sp³-hybridized carbons (Fsp3) is 0.154. The van der Waals surface area contributed by atoms with Gasteiger partial charge in [0, 0.05) is 11.1 Å². The molecule has 160 valence electrons. The molecule has 0 unspecified atom stereocenters. The van der Waals surface area contributed by atoms with E-state index in [2.05, 4.69) is 29.6 Å². The van der Waals surface area contributed by atoms with Crippen LogP contribution in [0.25, 0.3) is 16.9 Å². The van der Waals surface area contributed by atoms with Crippen LogP contribution in [0.2, 0.25) is 0 Å². The third-order valence-electron chi connectivity index (χ3n) is 5.36. The summed E-state index contributed by atoms with van der Waals surface area (Å²) in [5, 5.41) is 8.07. The number of anilines is 1. The second-order valence-electron chi connectivity index (χ2n) is 7.47. The second kappa shape index (κ2) is 8.93. The van der Waals surface area contributed by atoms with Gasteiger partial charge < -0.3 is 10.1 Å². The molecule has 32 heavy (non-hydrogen) atoms. The monoisotopic (exact) mass is 441 g/mol. The Balaban J connectivity index is 1.72. The van der Waals surface area contributed by atoms with Gasteiger partial charge in [0.1, 0.15) is 11.6 Å². The highest BCUT2D eigenvalue weighted by Crippen LogP contribution is 2.47. The first-order valence-corrected chi connectivity index (χ1v) is 11.7. The predicted molar refractivity (Wildman–Crippen MR) is 130 cm³/mol. The van der Waals surface area contributed by atoms with E-state index < -0.39 is 0 Å². The predicted octanol–water partition coefficient (Wildman–Crippen LogP) is 5.71. The Bertz CT molecular complexity index is 1220. The number of nitrogens with one attached hydrogen (secondary N) is 1. The lowest BCUT2D eigenvalue weighted by Crippen LogP contribution is -2.15. The molecule has 0 bridgehead atoms. The van der Waals surface area contributed by atoms with Crippen LogP contribution in [-0.4, -0.2) is 28.0 Å². The van der Waals surface area contributed by atoms with Gasteiger partial charge in [0.15, 0.2) is 0 Å². The Morgan fingerprint density at radius 1 is 1.00 bits per heavy atom. The van der Waals surface area contributed by atoms with E-state index in [9.17, 15) is 4.79 Å². The quantitative estimate of drug-likeness (QED) is 0.431. The maximum absolute atomic E-state index is 12.7. The minimum absolute atomic E-state index is 0.0265. The van der Waals surface area contributed by atoms with Crippen molar-refractivity contribution in [2.75, 3.05) is 17.7 Å². The van der Waals surface area contributed by atoms with Gasteiger partial charge in [-0.05, 0) is 36.8 Å². The van der Waals surface area contributed by atoms with Crippen LogP contribution in [0, 0.1) is 0 Å². The van der Waals surface area contributed by atoms with E-state index in [-0.39, 0.29) is 11.2 Å². The number of hydrogen-bond donors (Lipinski definition) is 1. The molecule has 0 aliphatic carbocycles. The summed E-state index contributed by atoms with van der Waals surface area (Å²) >= 11 is 1.62. The van der Waals surface area contributed by atoms with Gasteiger partial charge in [0.25, 0.3) is 0 Å². The number of nitrogens with zero attached hydrogens (tertiary/aromatic N) is 2. The van der Waals surface area contributed by atoms with Gasteiger partial charge in [-0.15, -0.1) is 11.8 Å². The van der Waals surface area contributed by atoms with E-state index in [1.165, 1.54) is 0 Å². The first kappa shape index (κ1) is 20.4. The Labute approximate surface area is 191 Å². The standard InChI is InChI=1S/C26H23N3O2S/c1-2-31-21-15-13-19(14-16-21)25-23-24(18-9-5-3-6-10-18)28-29(20-11-7-4-8-12-20)26(23)27-22(30)17-32-25/h3-16,25H,2,17H2,1H3,(H,27,30)/t25-/m1/s1. The summed E-state index contributed by atoms with van der Waals surface area (Å²) in [6.07, 6.45) is 0. The fourth-order valence-corrected chi connectivity index (χ4v) is 5.07. The van der Waals surface area contributed by atoms with Crippen molar-refractivity contribution in [2.24, 2.45) is 0 Å². The summed E-state index contributed by atoms with van der Waals surface area (Å²) in [5.74, 6) is 1.91. The van der Waals surface area contributed by atoms with E-state index in [4.69, 9.17) is 9.84 Å². The third kappa shape index (κ3) is 3.89. The lowest BCUT2D eigenvalue weighted by atomic mass is 10.00. The van der Waals surface area contributed by atoms with Gasteiger partial charge in [0.2, 0.25) is 5.91 Å². The second-order valence-corrected chi connectivity index (χ2v) is 8.56. The number of para-hydroxylation sites is 1. The van der Waals surface area contributed by atoms with Crippen molar-refractivity contribution in [1.82, 2.24) is 9.78 Å². The van der Waals surface area contributed by atoms with Gasteiger partial charge in [-0.3, -0.25) is 4.79 Å². The maximum atomic E-state index is 12.7. The zero-order valence-electron chi connectivity index (χ0n) is 17.7. The molecular formula is C26H23N3O2S. The van der Waals surface area contributed by atoms with Crippen LogP contribution in [0.3, 0.4) is 0 Å². The molecule has 1 aromatic heterocycles. The molecule has 0 spiro atoms. The highest BCUT2D eigenvalue weighted by molar-refractivity contribution is 8.00. The van der Waals surface area contributed by atoms with Gasteiger partial charge >= 0.3 is 0 Å². The summed E-state index contributed by atoms with van der Waals surface area (Å²) in [6, 6.07) is 28.2. The lowest BCUT2D eigenvalue weighted by Gasteiger charge is -2.17. The highest BCUT2D eigenvalue weighted by Gasteiger charge is 2.32. The number of carbonyl (C=O) groups is 1. The summed E-state index contributed by atoms with van der Waals surface area (Å²) < 4.78 is 7.47. The Morgan fingerprint density at radius 3 is 2.38 bits per heavy atom. The molecule has 1 aliphatic heterocycles. The van der Waals surface area contributed by atoms with Crippen molar-refractivity contribution >= 4 is 23.5 Å². The summed E-state index contributed by atoms with van der Waals surface area (Å²) in [5.41, 5.74) is 4.92. The number of carbonyl (C=O) groups excluding carboxylic acids is 1. The Kier molecular flexibility index (Phi) is 5.69. The van der Waals surface area contributed by atoms with Gasteiger partial charge in [-0.25, -0.2) is 4.68 Å². The minimum Gasteiger partial charge on any atom is -0.494 e. The lowest BCUT2D eigenvalue weighted by molar-refractivity contribution is -0.113. The van der Waals surface area contributed by atoms with Crippen LogP contribution in [-0.2, 0) is 4.79 Å². The van der Waals surface area contributed by atoms with Crippen LogP contribution in [0.1, 0.15) is 23.3 Å². The van der Waals surface area contributed by atoms with E-state index in [0.717, 1.165) is 39.6 Å². The summed E-state index contributed by atoms with van der Waals surface area (Å²) in [6.45, 7) is 2.60. The first-order valence-electron chi connectivity index (χ1n) is 10.6. The number of hydrogen-bond acceptors (Lipinski definition) is 4. The number of fused-ring (bicyclic) bond motifs is 1. The SMILES string of the molecule is CCOc1ccc([C@H]2SCC(=O)Nc3c2c(-c2ccccc2)nn3-c2ccccc2)cc1. The molecule has 0 radical (unpaired) electrons. The normalized spacial score (nSPS) is 15.5. The molecule has 3 aromatic carbocycles. The highest BCUT2D eigenvalue weighted by atomic mass is 32.2. The summed E-state index contributed by atoms with van der Waals surface area (Å²) in [4.78, 5) is 12.7. The fourth-order valence-electron chi connectivity index (χ4n) is 3.94. The number of amides is 1. The van der Waals surface area contributed by atoms with E-state index in [1.54, 1.807) is 11.8 Å². The van der Waals surface area contributed by atoms with Gasteiger partial charge in [0.05, 0.1) is 29.0 Å². The first-order chi connectivity index (χ1) is 15.7. The molecule has 0 saturated heterocycles. The number of aromatic nitrogens is 2. The topological polar surface area (TPSA) is 56.1 Å². The average molecular weight is 442 g/mol. The van der Waals surface area contributed by atoms with Crippen LogP contribution in [0.15, 0.2) is 84.9 Å². The van der Waals surface area contributed by atoms with Crippen LogP contribution in [0.5, 0.6) is 5.75 Å². The van der Waals surface area contributed by atoms with Crippen molar-refractivity contribution in [2.45, 2.75) is 12.2 Å². The van der Waals surface area contributed by atoms with Crippen molar-refractivity contribution in [3.05, 3.63) is 96.1 Å². The van der Waals surface area contributed by atoms with Crippen molar-refractivity contribution in [3.8, 4) is 22.7 Å². The molecule has 1 amide bonds. The molecule has 0 saturated carbocycles. The van der Waals surface area contributed by atoms with Crippen molar-refractivity contribution in [1.29, 1.82) is 0 Å². The van der Waals surface area contributed by atoms with E-state index >= 15 is 0 Å². The van der Waals surface area contributed by atoms with Crippen molar-refractivity contribution in [3.63, 3.8) is 0 Å². The summed E-state index contributed by atoms with van der Waals surface area (Å²) in [7, 11) is 0. The molecule has 4 aromatic rings. The molecule has 1 N–H and O–H groups in total. The number of ether oxygens (including phenoxy) is 1. The molecule has 0 fully saturated rings. The zero-order chi connectivity index (χ0) is 21.9. The Morgan fingerprint density at radius 2 is 1.69 bits per heavy atom. The van der Waals surface area contributed by atoms with E-state index in [0.29, 0.717) is 12.4 Å². The average Bonchev–Trinajstić information content (AvgIpc) is 3.11. The van der Waals surface area contributed by atoms with Gasteiger partial charge in [-0.2, -0.15) is 5.10 Å².